The van der Waals surface area contributed by atoms with Crippen LogP contribution < -0.4 is 0 Å². The Kier molecular flexibility index (Phi) is 4.31. The fourth-order valence-corrected chi connectivity index (χ4v) is 2.41. The Morgan fingerprint density at radius 3 is 2.63 bits per heavy atom. The molecule has 0 fully saturated rings. The first-order valence-electron chi connectivity index (χ1n) is 5.90. The Morgan fingerprint density at radius 1 is 1.32 bits per heavy atom. The molecule has 1 aromatic heterocycles. The molecule has 100 valence electrons. The van der Waals surface area contributed by atoms with Crippen LogP contribution >= 0.6 is 11.5 Å². The van der Waals surface area contributed by atoms with E-state index in [0.717, 1.165) is 30.1 Å². The molecule has 0 saturated heterocycles. The van der Waals surface area contributed by atoms with Gasteiger partial charge >= 0.3 is 0 Å². The summed E-state index contributed by atoms with van der Waals surface area (Å²) in [6.07, 6.45) is 1.16. The molecule has 0 N–H and O–H groups in total. The highest BCUT2D eigenvalue weighted by Gasteiger charge is 2.19. The van der Waals surface area contributed by atoms with Crippen molar-refractivity contribution in [1.29, 1.82) is 0 Å². The van der Waals surface area contributed by atoms with Crippen LogP contribution in [0.25, 0.3) is 0 Å². The third kappa shape index (κ3) is 3.01. The number of benzene rings is 1. The molecular formula is C13H12F2N2OS. The highest BCUT2D eigenvalue weighted by molar-refractivity contribution is 7.08. The van der Waals surface area contributed by atoms with E-state index in [1.807, 2.05) is 6.92 Å². The number of carbonyl (C=O) groups excluding carboxylic acids is 1. The first kappa shape index (κ1) is 13.7. The normalized spacial score (nSPS) is 10.7. The molecule has 3 nitrogen and oxygen atoms in total. The van der Waals surface area contributed by atoms with Crippen LogP contribution in [0.2, 0.25) is 0 Å². The minimum absolute atomic E-state index is 0.205. The second-order valence-corrected chi connectivity index (χ2v) is 4.85. The maximum absolute atomic E-state index is 13.5. The van der Waals surface area contributed by atoms with Crippen LogP contribution in [0, 0.1) is 11.6 Å². The van der Waals surface area contributed by atoms with Crippen LogP contribution in [0.4, 0.5) is 8.78 Å². The number of carbonyl (C=O) groups is 1. The molecule has 0 spiro atoms. The Labute approximate surface area is 113 Å². The molecule has 0 bridgehead atoms. The van der Waals surface area contributed by atoms with Crippen molar-refractivity contribution in [3.63, 3.8) is 0 Å². The maximum Gasteiger partial charge on any atom is 0.180 e. The van der Waals surface area contributed by atoms with Crippen molar-refractivity contribution >= 4 is 17.3 Å². The number of ketones is 1. The molecule has 2 rings (SSSR count). The zero-order chi connectivity index (χ0) is 13.8. The minimum atomic E-state index is -0.706. The predicted octanol–water partition coefficient (Wildman–Crippen LogP) is 3.19. The minimum Gasteiger partial charge on any atom is -0.293 e. The van der Waals surface area contributed by atoms with Crippen LogP contribution in [0.15, 0.2) is 18.2 Å². The summed E-state index contributed by atoms with van der Waals surface area (Å²) < 4.78 is 30.7. The monoisotopic (exact) mass is 282 g/mol. The number of aromatic nitrogens is 2. The quantitative estimate of drug-likeness (QED) is 0.791. The lowest BCUT2D eigenvalue weighted by Gasteiger charge is -2.03. The molecule has 2 aromatic rings. The van der Waals surface area contributed by atoms with Crippen molar-refractivity contribution in [2.24, 2.45) is 0 Å². The number of halogens is 2. The van der Waals surface area contributed by atoms with Gasteiger partial charge in [0.1, 0.15) is 16.5 Å². The third-order valence-corrected chi connectivity index (χ3v) is 3.50. The summed E-state index contributed by atoms with van der Waals surface area (Å²) in [7, 11) is 0. The van der Waals surface area contributed by atoms with E-state index in [1.54, 1.807) is 0 Å². The van der Waals surface area contributed by atoms with Crippen molar-refractivity contribution in [2.75, 3.05) is 0 Å². The van der Waals surface area contributed by atoms with E-state index in [2.05, 4.69) is 9.59 Å². The molecule has 0 atom stereocenters. The standard InChI is InChI=1S/C13H12F2N2OS/c1-2-4-11-13(19-17-16-11)12(18)7-8-9(14)5-3-6-10(8)15/h3,5-6H,2,4,7H2,1H3. The Bertz CT molecular complexity index is 578. The largest absolute Gasteiger partial charge is 0.293 e. The fraction of sp³-hybridized carbons (Fsp3) is 0.308. The van der Waals surface area contributed by atoms with Crippen LogP contribution in [0.1, 0.15) is 34.3 Å². The summed E-state index contributed by atoms with van der Waals surface area (Å²) in [5, 5.41) is 3.87. The lowest BCUT2D eigenvalue weighted by atomic mass is 10.1. The lowest BCUT2D eigenvalue weighted by molar-refractivity contribution is 0.0993. The van der Waals surface area contributed by atoms with Crippen LogP contribution in [0.3, 0.4) is 0 Å². The highest BCUT2D eigenvalue weighted by atomic mass is 32.1. The highest BCUT2D eigenvalue weighted by Crippen LogP contribution is 2.19. The van der Waals surface area contributed by atoms with Gasteiger partial charge in [0.05, 0.1) is 5.69 Å². The van der Waals surface area contributed by atoms with E-state index < -0.39 is 11.6 Å². The average Bonchev–Trinajstić information content (AvgIpc) is 2.83. The number of Topliss-reactive ketones (excluding diaryl/α,β-unsaturated/α-hetero) is 1. The molecule has 0 radical (unpaired) electrons. The summed E-state index contributed by atoms with van der Waals surface area (Å²) in [6.45, 7) is 1.96. The molecule has 0 aliphatic heterocycles. The molecule has 0 saturated carbocycles. The van der Waals surface area contributed by atoms with Crippen molar-refractivity contribution in [3.8, 4) is 0 Å². The number of nitrogens with zero attached hydrogens (tertiary/aromatic N) is 2. The van der Waals surface area contributed by atoms with E-state index in [4.69, 9.17) is 0 Å². The molecule has 0 amide bonds. The van der Waals surface area contributed by atoms with Gasteiger partial charge in [0.15, 0.2) is 5.78 Å². The first-order valence-corrected chi connectivity index (χ1v) is 6.68. The molecule has 1 heterocycles. The van der Waals surface area contributed by atoms with Gasteiger partial charge in [0.25, 0.3) is 0 Å². The zero-order valence-electron chi connectivity index (χ0n) is 10.3. The lowest BCUT2D eigenvalue weighted by Crippen LogP contribution is -2.08. The van der Waals surface area contributed by atoms with E-state index in [-0.39, 0.29) is 17.8 Å². The van der Waals surface area contributed by atoms with Gasteiger partial charge in [-0.2, -0.15) is 0 Å². The van der Waals surface area contributed by atoms with Gasteiger partial charge in [-0.3, -0.25) is 4.79 Å². The number of hydrogen-bond acceptors (Lipinski definition) is 4. The second-order valence-electron chi connectivity index (χ2n) is 4.10. The first-order chi connectivity index (χ1) is 9.13. The Hall–Kier alpha value is -1.69. The fourth-order valence-electron chi connectivity index (χ4n) is 1.76. The van der Waals surface area contributed by atoms with E-state index in [9.17, 15) is 13.6 Å². The van der Waals surface area contributed by atoms with Gasteiger partial charge in [-0.15, -0.1) is 5.10 Å². The Balaban J connectivity index is 2.24. The second kappa shape index (κ2) is 5.97. The molecule has 0 aliphatic carbocycles. The summed E-state index contributed by atoms with van der Waals surface area (Å²) in [5.74, 6) is -1.76. The zero-order valence-corrected chi connectivity index (χ0v) is 11.1. The van der Waals surface area contributed by atoms with E-state index in [1.165, 1.54) is 6.07 Å². The molecule has 0 unspecified atom stereocenters. The van der Waals surface area contributed by atoms with Gasteiger partial charge in [0, 0.05) is 12.0 Å². The molecular weight excluding hydrogens is 270 g/mol. The number of rotatable bonds is 5. The Morgan fingerprint density at radius 2 is 2.00 bits per heavy atom. The SMILES string of the molecule is CCCc1nnsc1C(=O)Cc1c(F)cccc1F. The van der Waals surface area contributed by atoms with Gasteiger partial charge in [0.2, 0.25) is 0 Å². The summed E-state index contributed by atoms with van der Waals surface area (Å²) in [4.78, 5) is 12.5. The van der Waals surface area contributed by atoms with Crippen molar-refractivity contribution < 1.29 is 13.6 Å². The summed E-state index contributed by atoms with van der Waals surface area (Å²) in [6, 6.07) is 3.56. The molecule has 1 aromatic carbocycles. The molecule has 6 heteroatoms. The average molecular weight is 282 g/mol. The van der Waals surface area contributed by atoms with Gasteiger partial charge in [-0.25, -0.2) is 8.78 Å². The van der Waals surface area contributed by atoms with E-state index in [0.29, 0.717) is 17.0 Å². The van der Waals surface area contributed by atoms with Crippen molar-refractivity contribution in [2.45, 2.75) is 26.2 Å². The van der Waals surface area contributed by atoms with Crippen LogP contribution in [-0.4, -0.2) is 15.4 Å². The van der Waals surface area contributed by atoms with Crippen LogP contribution in [0.5, 0.6) is 0 Å². The predicted molar refractivity (Wildman–Crippen MR) is 68.3 cm³/mol. The summed E-state index contributed by atoms with van der Waals surface area (Å²) >= 11 is 0.973. The van der Waals surface area contributed by atoms with Crippen molar-refractivity contribution in [1.82, 2.24) is 9.59 Å². The summed E-state index contributed by atoms with van der Waals surface area (Å²) in [5.41, 5.74) is 0.401. The molecule has 0 aliphatic rings. The van der Waals surface area contributed by atoms with Crippen LogP contribution in [-0.2, 0) is 12.8 Å². The third-order valence-electron chi connectivity index (χ3n) is 2.69. The van der Waals surface area contributed by atoms with Gasteiger partial charge < -0.3 is 0 Å². The maximum atomic E-state index is 13.5. The number of aryl methyl sites for hydroxylation is 1. The van der Waals surface area contributed by atoms with Gasteiger partial charge in [-0.05, 0) is 30.1 Å². The topological polar surface area (TPSA) is 42.9 Å². The smallest absolute Gasteiger partial charge is 0.180 e. The van der Waals surface area contributed by atoms with E-state index >= 15 is 0 Å². The number of hydrogen-bond donors (Lipinski definition) is 0. The van der Waals surface area contributed by atoms with Gasteiger partial charge in [-0.1, -0.05) is 23.9 Å². The molecule has 19 heavy (non-hydrogen) atoms. The van der Waals surface area contributed by atoms with Crippen molar-refractivity contribution in [3.05, 3.63) is 46.0 Å².